The molecule has 0 radical (unpaired) electrons. The number of nitrogens with two attached hydrogens (primary N) is 1. The van der Waals surface area contributed by atoms with Gasteiger partial charge in [0.25, 0.3) is 0 Å². The van der Waals surface area contributed by atoms with Gasteiger partial charge in [0.05, 0.1) is 0 Å². The second kappa shape index (κ2) is 14.4. The molecule has 5 N–H and O–H groups in total. The van der Waals surface area contributed by atoms with Gasteiger partial charge in [-0.1, -0.05) is 58.3 Å². The van der Waals surface area contributed by atoms with Crippen molar-refractivity contribution in [3.63, 3.8) is 0 Å². The van der Waals surface area contributed by atoms with Gasteiger partial charge in [-0.2, -0.15) is 5.48 Å². The number of nitrogens with zero attached hydrogens (tertiary/aromatic N) is 1. The number of nitrogens with one attached hydrogen (secondary N) is 2. The van der Waals surface area contributed by atoms with Gasteiger partial charge in [-0.15, -0.1) is 5.10 Å². The highest BCUT2D eigenvalue weighted by atomic mass is 16.7. The Morgan fingerprint density at radius 1 is 1.14 bits per heavy atom. The number of aliphatic hydroxyl groups is 1. The molecule has 0 aliphatic rings. The van der Waals surface area contributed by atoms with Crippen LogP contribution in [0.1, 0.15) is 71.6 Å². The summed E-state index contributed by atoms with van der Waals surface area (Å²) in [5.41, 5.74) is 10.4. The van der Waals surface area contributed by atoms with Crippen LogP contribution < -0.4 is 16.6 Å². The van der Waals surface area contributed by atoms with E-state index in [9.17, 15) is 4.79 Å². The lowest BCUT2D eigenvalue weighted by atomic mass is 10.1. The molecule has 0 aromatic heterocycles. The number of carbonyl (C=O) groups excluding carboxylic acids is 1. The number of rotatable bonds is 12. The third-order valence-electron chi connectivity index (χ3n) is 3.19. The van der Waals surface area contributed by atoms with Crippen molar-refractivity contribution in [1.29, 1.82) is 0 Å². The summed E-state index contributed by atoms with van der Waals surface area (Å²) in [6.07, 6.45) is 10.2. The zero-order valence-electron chi connectivity index (χ0n) is 13.9. The Balaban J connectivity index is 3.37. The average Bonchev–Trinajstić information content (AvgIpc) is 2.50. The molecule has 0 aromatic rings. The number of guanidine groups is 1. The molecule has 130 valence electrons. The topological polar surface area (TPSA) is 109 Å². The van der Waals surface area contributed by atoms with Gasteiger partial charge in [0, 0.05) is 6.54 Å². The average molecular weight is 316 g/mol. The van der Waals surface area contributed by atoms with E-state index in [4.69, 9.17) is 10.8 Å². The Hall–Kier alpha value is -1.50. The number of carbonyl (C=O) groups is 1. The minimum Gasteiger partial charge on any atom is -0.382 e. The van der Waals surface area contributed by atoms with E-state index >= 15 is 0 Å². The first-order chi connectivity index (χ1) is 10.6. The maximum atomic E-state index is 10.9. The summed E-state index contributed by atoms with van der Waals surface area (Å²) < 4.78 is 0. The molecule has 1 atom stereocenters. The molecule has 0 saturated heterocycles. The van der Waals surface area contributed by atoms with Gasteiger partial charge >= 0.3 is 5.97 Å². The first-order valence-electron chi connectivity index (χ1n) is 8.28. The van der Waals surface area contributed by atoms with Crippen LogP contribution in [0.2, 0.25) is 0 Å². The Labute approximate surface area is 133 Å². The Kier molecular flexibility index (Phi) is 13.5. The summed E-state index contributed by atoms with van der Waals surface area (Å²) in [6.45, 7) is 4.26. The summed E-state index contributed by atoms with van der Waals surface area (Å²) in [6, 6.07) is 0. The maximum absolute atomic E-state index is 10.9. The smallest absolute Gasteiger partial charge is 0.360 e. The molecule has 0 fully saturated rings. The van der Waals surface area contributed by atoms with Crippen LogP contribution in [-0.4, -0.2) is 29.7 Å². The van der Waals surface area contributed by atoms with Crippen molar-refractivity contribution in [2.24, 2.45) is 10.8 Å². The predicted molar refractivity (Wildman–Crippen MR) is 87.8 cm³/mol. The van der Waals surface area contributed by atoms with Crippen molar-refractivity contribution in [3.8, 4) is 0 Å². The van der Waals surface area contributed by atoms with Gasteiger partial charge in [-0.3, -0.25) is 0 Å². The normalized spacial score (nSPS) is 12.8. The van der Waals surface area contributed by atoms with Crippen molar-refractivity contribution in [1.82, 2.24) is 10.9 Å². The fourth-order valence-corrected chi connectivity index (χ4v) is 1.87. The summed E-state index contributed by atoms with van der Waals surface area (Å²) >= 11 is 0. The van der Waals surface area contributed by atoms with Gasteiger partial charge in [0.2, 0.25) is 5.96 Å². The van der Waals surface area contributed by atoms with Gasteiger partial charge in [0.15, 0.2) is 6.10 Å². The number of unbranched alkanes of at least 4 members (excludes halogenated alkanes) is 8. The zero-order chi connectivity index (χ0) is 16.6. The molecular formula is C15H32N4O3. The molecule has 7 heteroatoms. The summed E-state index contributed by atoms with van der Waals surface area (Å²) in [7, 11) is 0. The zero-order valence-corrected chi connectivity index (χ0v) is 13.9. The van der Waals surface area contributed by atoms with Crippen molar-refractivity contribution in [3.05, 3.63) is 0 Å². The molecule has 0 heterocycles. The fourth-order valence-electron chi connectivity index (χ4n) is 1.87. The lowest BCUT2D eigenvalue weighted by Crippen LogP contribution is -2.37. The Morgan fingerprint density at radius 2 is 1.68 bits per heavy atom. The van der Waals surface area contributed by atoms with Gasteiger partial charge < -0.3 is 21.1 Å². The van der Waals surface area contributed by atoms with Gasteiger partial charge in [-0.05, 0) is 13.3 Å². The highest BCUT2D eigenvalue weighted by Crippen LogP contribution is 2.09. The molecule has 0 aromatic carbocycles. The Bertz CT molecular complexity index is 309. The summed E-state index contributed by atoms with van der Waals surface area (Å²) in [5.74, 6) is -0.859. The maximum Gasteiger partial charge on any atom is 0.360 e. The van der Waals surface area contributed by atoms with E-state index in [-0.39, 0.29) is 5.96 Å². The SMILES string of the molecule is CCCCCCCCCCCNN=C(N)NOC(=O)C(C)O. The van der Waals surface area contributed by atoms with Crippen LogP contribution in [0.4, 0.5) is 0 Å². The van der Waals surface area contributed by atoms with Crippen LogP contribution in [-0.2, 0) is 9.63 Å². The first kappa shape index (κ1) is 20.5. The minimum atomic E-state index is -1.20. The molecule has 0 spiro atoms. The second-order valence-corrected chi connectivity index (χ2v) is 5.43. The number of hydrazone groups is 1. The number of hydrogen-bond donors (Lipinski definition) is 4. The third kappa shape index (κ3) is 13.5. The van der Waals surface area contributed by atoms with E-state index in [0.29, 0.717) is 0 Å². The van der Waals surface area contributed by atoms with Crippen molar-refractivity contribution < 1.29 is 14.7 Å². The molecule has 0 saturated carbocycles. The van der Waals surface area contributed by atoms with E-state index in [1.165, 1.54) is 58.3 Å². The van der Waals surface area contributed by atoms with Gasteiger partial charge in [0.1, 0.15) is 0 Å². The molecule has 1 unspecified atom stereocenters. The van der Waals surface area contributed by atoms with Crippen LogP contribution in [0, 0.1) is 0 Å². The van der Waals surface area contributed by atoms with E-state index in [1.54, 1.807) is 0 Å². The Morgan fingerprint density at radius 3 is 2.23 bits per heavy atom. The highest BCUT2D eigenvalue weighted by Gasteiger charge is 2.10. The largest absolute Gasteiger partial charge is 0.382 e. The standard InChI is InChI=1S/C15H32N4O3/c1-3-4-5-6-7-8-9-10-11-12-17-18-15(16)19-22-14(21)13(2)20/h13,17,20H,3-12H2,1-2H3,(H3,16,18,19). The van der Waals surface area contributed by atoms with E-state index in [0.717, 1.165) is 13.0 Å². The predicted octanol–water partition coefficient (Wildman–Crippen LogP) is 1.77. The van der Waals surface area contributed by atoms with Crippen molar-refractivity contribution in [2.45, 2.75) is 77.7 Å². The van der Waals surface area contributed by atoms with Crippen LogP contribution in [0.25, 0.3) is 0 Å². The van der Waals surface area contributed by atoms with Crippen LogP contribution >= 0.6 is 0 Å². The monoisotopic (exact) mass is 316 g/mol. The molecule has 0 aliphatic carbocycles. The summed E-state index contributed by atoms with van der Waals surface area (Å²) in [4.78, 5) is 15.4. The van der Waals surface area contributed by atoms with Gasteiger partial charge in [-0.25, -0.2) is 4.79 Å². The molecule has 22 heavy (non-hydrogen) atoms. The quantitative estimate of drug-likeness (QED) is 0.189. The molecule has 7 nitrogen and oxygen atoms in total. The molecule has 0 bridgehead atoms. The lowest BCUT2D eigenvalue weighted by molar-refractivity contribution is -0.156. The summed E-state index contributed by atoms with van der Waals surface area (Å²) in [5, 5.41) is 12.7. The number of hydrogen-bond acceptors (Lipinski definition) is 5. The van der Waals surface area contributed by atoms with Crippen molar-refractivity contribution >= 4 is 11.9 Å². The third-order valence-corrected chi connectivity index (χ3v) is 3.19. The van der Waals surface area contributed by atoms with E-state index < -0.39 is 12.1 Å². The molecule has 0 aliphatic heterocycles. The van der Waals surface area contributed by atoms with Crippen LogP contribution in [0.15, 0.2) is 5.10 Å². The number of aliphatic hydroxyl groups excluding tert-OH is 1. The van der Waals surface area contributed by atoms with Crippen molar-refractivity contribution in [2.75, 3.05) is 6.54 Å². The van der Waals surface area contributed by atoms with E-state index in [1.807, 2.05) is 0 Å². The lowest BCUT2D eigenvalue weighted by Gasteiger charge is -2.07. The molecule has 0 rings (SSSR count). The van der Waals surface area contributed by atoms with Crippen LogP contribution in [0.3, 0.4) is 0 Å². The minimum absolute atomic E-state index is 0.0510. The highest BCUT2D eigenvalue weighted by molar-refractivity contribution is 5.80. The molecule has 0 amide bonds. The van der Waals surface area contributed by atoms with Crippen LogP contribution in [0.5, 0.6) is 0 Å². The number of hydroxylamine groups is 1. The first-order valence-corrected chi connectivity index (χ1v) is 8.28. The second-order valence-electron chi connectivity index (χ2n) is 5.43. The van der Waals surface area contributed by atoms with E-state index in [2.05, 4.69) is 27.8 Å². The molecular weight excluding hydrogens is 284 g/mol. The fraction of sp³-hybridized carbons (Fsp3) is 0.867.